The smallest absolute Gasteiger partial charge is 0.264 e. The Balaban J connectivity index is 1.28. The zero-order valence-corrected chi connectivity index (χ0v) is 28.6. The van der Waals surface area contributed by atoms with Crippen LogP contribution in [0.15, 0.2) is 48.7 Å². The van der Waals surface area contributed by atoms with Crippen molar-refractivity contribution < 1.29 is 24.2 Å². The maximum Gasteiger partial charge on any atom is 0.264 e. The van der Waals surface area contributed by atoms with Gasteiger partial charge in [-0.25, -0.2) is 0 Å². The number of ether oxygens (including phenoxy) is 1. The van der Waals surface area contributed by atoms with Gasteiger partial charge >= 0.3 is 0 Å². The number of aliphatic hydroxyl groups excluding tert-OH is 1. The van der Waals surface area contributed by atoms with Crippen LogP contribution in [0.2, 0.25) is 23.7 Å². The predicted molar refractivity (Wildman–Crippen MR) is 179 cm³/mol. The highest BCUT2D eigenvalue weighted by Crippen LogP contribution is 2.60. The highest BCUT2D eigenvalue weighted by molar-refractivity contribution is 6.71. The molecule has 3 aliphatic heterocycles. The monoisotopic (exact) mass is 665 g/mol. The normalized spacial score (nSPS) is 25.3. The van der Waals surface area contributed by atoms with Gasteiger partial charge in [0.25, 0.3) is 5.91 Å². The van der Waals surface area contributed by atoms with Crippen LogP contribution in [0.3, 0.4) is 0 Å². The van der Waals surface area contributed by atoms with Crippen LogP contribution >= 0.6 is 11.6 Å². The van der Waals surface area contributed by atoms with Gasteiger partial charge in [-0.15, -0.1) is 5.10 Å². The minimum Gasteiger partial charge on any atom is -0.432 e. The van der Waals surface area contributed by atoms with Crippen molar-refractivity contribution in [3.8, 4) is 0 Å². The number of fused-ring (bicyclic) bond motifs is 2. The lowest BCUT2D eigenvalue weighted by molar-refractivity contribution is -0.146. The van der Waals surface area contributed by atoms with Gasteiger partial charge in [0.05, 0.1) is 24.0 Å². The molecule has 2 fully saturated rings. The Bertz CT molecular complexity index is 1580. The number of carbonyl (C=O) groups excluding carboxylic acids is 2. The number of benzene rings is 2. The number of aliphatic hydroxyl groups is 1. The minimum absolute atomic E-state index is 0.000314. The second-order valence-corrected chi connectivity index (χ2v) is 17.9. The Morgan fingerprint density at radius 1 is 1.09 bits per heavy atom. The minimum atomic E-state index is -2.82. The van der Waals surface area contributed by atoms with Gasteiger partial charge in [0.2, 0.25) is 5.91 Å². The molecular formula is C34H44ClN5O5Si. The molecule has 4 heterocycles. The zero-order valence-electron chi connectivity index (χ0n) is 26.9. The first-order chi connectivity index (χ1) is 22.0. The van der Waals surface area contributed by atoms with E-state index in [1.165, 1.54) is 0 Å². The second kappa shape index (κ2) is 13.2. The summed E-state index contributed by atoms with van der Waals surface area (Å²) in [6, 6.07) is 13.5. The molecule has 4 atom stereocenters. The Labute approximate surface area is 276 Å². The van der Waals surface area contributed by atoms with Crippen LogP contribution in [0.4, 0.5) is 11.4 Å². The third-order valence-electron chi connectivity index (χ3n) is 9.95. The van der Waals surface area contributed by atoms with E-state index in [0.717, 1.165) is 54.7 Å². The van der Waals surface area contributed by atoms with E-state index < -0.39 is 20.0 Å². The van der Waals surface area contributed by atoms with Crippen LogP contribution in [0.25, 0.3) is 0 Å². The number of aryl methyl sites for hydroxylation is 1. The van der Waals surface area contributed by atoms with Crippen molar-refractivity contribution in [2.24, 2.45) is 5.92 Å². The van der Waals surface area contributed by atoms with E-state index in [1.807, 2.05) is 67.5 Å². The Morgan fingerprint density at radius 2 is 1.85 bits per heavy atom. The summed E-state index contributed by atoms with van der Waals surface area (Å²) in [5.74, 6) is -0.298. The first kappa shape index (κ1) is 32.8. The summed E-state index contributed by atoms with van der Waals surface area (Å²) in [4.78, 5) is 42.7. The van der Waals surface area contributed by atoms with Gasteiger partial charge in [-0.1, -0.05) is 48.7 Å². The van der Waals surface area contributed by atoms with Gasteiger partial charge in [0, 0.05) is 66.5 Å². The maximum absolute atomic E-state index is 14.7. The van der Waals surface area contributed by atoms with Crippen molar-refractivity contribution in [3.05, 3.63) is 70.5 Å². The molecule has 1 spiro atoms. The molecular weight excluding hydrogens is 622 g/mol. The van der Waals surface area contributed by atoms with Crippen LogP contribution in [0.5, 0.6) is 0 Å². The van der Waals surface area contributed by atoms with Crippen LogP contribution in [-0.4, -0.2) is 64.3 Å². The molecule has 46 heavy (non-hydrogen) atoms. The number of amides is 2. The van der Waals surface area contributed by atoms with Crippen molar-refractivity contribution in [2.45, 2.75) is 95.3 Å². The lowest BCUT2D eigenvalue weighted by Gasteiger charge is -2.32. The molecule has 0 saturated carbocycles. The molecule has 0 aliphatic carbocycles. The highest BCUT2D eigenvalue weighted by Gasteiger charge is 2.66. The lowest BCUT2D eigenvalue weighted by Crippen LogP contribution is -2.46. The highest BCUT2D eigenvalue weighted by atomic mass is 35.5. The third-order valence-corrected chi connectivity index (χ3v) is 12.7. The Kier molecular flexibility index (Phi) is 9.42. The molecule has 2 saturated heterocycles. The molecule has 2 aromatic carbocycles. The molecule has 6 rings (SSSR count). The summed E-state index contributed by atoms with van der Waals surface area (Å²) in [5, 5.41) is 18.1. The number of hydrogen-bond acceptors (Lipinski definition) is 7. The number of hydrogen-bond donors (Lipinski definition) is 2. The summed E-state index contributed by atoms with van der Waals surface area (Å²) < 4.78 is 8.64. The van der Waals surface area contributed by atoms with E-state index in [9.17, 15) is 19.5 Å². The van der Waals surface area contributed by atoms with Crippen LogP contribution < -0.4 is 9.80 Å². The van der Waals surface area contributed by atoms with Crippen molar-refractivity contribution in [1.29, 1.82) is 0 Å². The first-order valence-corrected chi connectivity index (χ1v) is 19.8. The molecule has 12 heteroatoms. The van der Waals surface area contributed by atoms with Crippen molar-refractivity contribution in [1.82, 2.24) is 15.0 Å². The molecule has 3 aromatic rings. The van der Waals surface area contributed by atoms with Crippen molar-refractivity contribution in [3.63, 3.8) is 0 Å². The molecule has 0 bridgehead atoms. The summed E-state index contributed by atoms with van der Waals surface area (Å²) in [6.45, 7) is 7.40. The molecule has 2 amide bonds. The average Bonchev–Trinajstić information content (AvgIpc) is 3.65. The van der Waals surface area contributed by atoms with E-state index >= 15 is 0 Å². The Hall–Kier alpha value is -3.09. The van der Waals surface area contributed by atoms with Gasteiger partial charge in [-0.2, -0.15) is 0 Å². The number of nitrogens with zero attached hydrogens (tertiary/aromatic N) is 5. The van der Waals surface area contributed by atoms with E-state index in [-0.39, 0.29) is 29.9 Å². The van der Waals surface area contributed by atoms with E-state index in [4.69, 9.17) is 16.3 Å². The fourth-order valence-electron chi connectivity index (χ4n) is 7.81. The molecule has 0 radical (unpaired) electrons. The average molecular weight is 666 g/mol. The van der Waals surface area contributed by atoms with Gasteiger partial charge in [-0.3, -0.25) is 14.3 Å². The van der Waals surface area contributed by atoms with E-state index in [2.05, 4.69) is 10.3 Å². The molecule has 246 valence electrons. The van der Waals surface area contributed by atoms with Crippen molar-refractivity contribution >= 4 is 43.1 Å². The molecule has 2 N–H and O–H groups in total. The van der Waals surface area contributed by atoms with Crippen LogP contribution in [0.1, 0.15) is 62.3 Å². The van der Waals surface area contributed by atoms with Gasteiger partial charge in [-0.05, 0) is 68.3 Å². The second-order valence-electron chi connectivity index (χ2n) is 13.5. The summed E-state index contributed by atoms with van der Waals surface area (Å²) in [6.07, 6.45) is 7.12. The van der Waals surface area contributed by atoms with Gasteiger partial charge in [0.1, 0.15) is 0 Å². The maximum atomic E-state index is 14.7. The van der Waals surface area contributed by atoms with Crippen LogP contribution in [0, 0.1) is 5.92 Å². The largest absolute Gasteiger partial charge is 0.432 e. The number of rotatable bonds is 9. The fourth-order valence-corrected chi connectivity index (χ4v) is 10.6. The number of halogens is 1. The SMILES string of the molecule is C[C@@H]1[C@@H]([Si](C)(C)O)[C@H](CCn2cc(CCO)nn2)O[C@@]12C(=O)N(Cc1ccc(N3CCCCCCC3=O)cc1)c1ccc(Cl)cc12. The van der Waals surface area contributed by atoms with Crippen molar-refractivity contribution in [2.75, 3.05) is 23.0 Å². The zero-order chi connectivity index (χ0) is 32.6. The lowest BCUT2D eigenvalue weighted by atomic mass is 9.82. The van der Waals surface area contributed by atoms with Gasteiger partial charge in [0.15, 0.2) is 13.9 Å². The number of aromatic nitrogens is 3. The molecule has 1 aromatic heterocycles. The predicted octanol–water partition coefficient (Wildman–Crippen LogP) is 5.20. The van der Waals surface area contributed by atoms with E-state index in [0.29, 0.717) is 43.1 Å². The topological polar surface area (TPSA) is 121 Å². The van der Waals surface area contributed by atoms with Crippen LogP contribution in [-0.2, 0) is 39.4 Å². The Morgan fingerprint density at radius 3 is 2.59 bits per heavy atom. The number of carbonyl (C=O) groups is 2. The summed E-state index contributed by atoms with van der Waals surface area (Å²) in [5.41, 5.74) is 2.51. The quantitative estimate of drug-likeness (QED) is 0.302. The first-order valence-electron chi connectivity index (χ1n) is 16.4. The summed E-state index contributed by atoms with van der Waals surface area (Å²) in [7, 11) is -2.82. The fraction of sp³-hybridized carbons (Fsp3) is 0.529. The molecule has 10 nitrogen and oxygen atoms in total. The summed E-state index contributed by atoms with van der Waals surface area (Å²) >= 11 is 6.55. The molecule has 3 aliphatic rings. The van der Waals surface area contributed by atoms with E-state index in [1.54, 1.807) is 15.6 Å². The third kappa shape index (κ3) is 6.15. The van der Waals surface area contributed by atoms with Gasteiger partial charge < -0.3 is 24.4 Å². The molecule has 0 unspecified atom stereocenters. The number of anilines is 2. The standard InChI is InChI=1S/C34H44ClN5O5Si/c1-23-32(46(2,3)44)30(15-18-38-22-26(16-19-41)36-37-38)45-34(23)28-20-25(35)11-14-29(28)40(33(34)43)21-24-9-12-27(13-10-24)39-17-7-5-4-6-8-31(39)42/h9-14,20,22-23,30,32,41,44H,4-8,15-19,21H2,1-3H3/t23-,30+,32-,34+/m1/s1.